The molecule has 6 saturated heterocycles. The summed E-state index contributed by atoms with van der Waals surface area (Å²) in [6.45, 7) is 24.4. The molecule has 6 aliphatic heterocycles. The molecule has 18 heteroatoms. The van der Waals surface area contributed by atoms with Gasteiger partial charge < -0.3 is 55.9 Å². The second kappa shape index (κ2) is 55.9. The number of hydrogen-bond acceptors (Lipinski definition) is 12. The summed E-state index contributed by atoms with van der Waals surface area (Å²) >= 11 is 0. The molecule has 0 aromatic carbocycles. The van der Waals surface area contributed by atoms with E-state index in [0.29, 0.717) is 54.1 Å². The summed E-state index contributed by atoms with van der Waals surface area (Å²) in [5, 5.41) is 0. The summed E-state index contributed by atoms with van der Waals surface area (Å²) in [7, 11) is 0.651. The van der Waals surface area contributed by atoms with Crippen LogP contribution in [-0.2, 0) is 55.9 Å². The Labute approximate surface area is 559 Å². The van der Waals surface area contributed by atoms with Gasteiger partial charge in [0.15, 0.2) is 0 Å². The van der Waals surface area contributed by atoms with Crippen LogP contribution < -0.4 is 0 Å². The Morgan fingerprint density at radius 1 is 0.244 bits per heavy atom. The zero-order valence-electron chi connectivity index (χ0n) is 60.7. The first-order chi connectivity index (χ1) is 44.2. The van der Waals surface area contributed by atoms with Crippen LogP contribution in [0, 0.1) is 0 Å². The van der Waals surface area contributed by atoms with Gasteiger partial charge in [-0.15, -0.1) is 0 Å². The molecule has 0 N–H and O–H groups in total. The third-order valence-corrected chi connectivity index (χ3v) is 19.8. The molecular weight excluding hydrogens is 1120 g/mol. The van der Waals surface area contributed by atoms with Crippen molar-refractivity contribution < 1.29 is 55.9 Å². The third kappa shape index (κ3) is 40.0. The summed E-state index contributed by atoms with van der Waals surface area (Å²) in [5.41, 5.74) is 0. The molecule has 3 aliphatic carbocycles. The van der Waals surface area contributed by atoms with E-state index in [2.05, 4.69) is 55.4 Å². The molecule has 90 heavy (non-hydrogen) atoms. The predicted octanol–water partition coefficient (Wildman–Crippen LogP) is 21.2. The fourth-order valence-electron chi connectivity index (χ4n) is 14.2. The Hall–Kier alpha value is -0.0904. The van der Waals surface area contributed by atoms with Crippen LogP contribution in [0.4, 0.5) is 0 Å². The summed E-state index contributed by atoms with van der Waals surface area (Å²) < 4.78 is 68.1. The van der Waals surface area contributed by atoms with Crippen molar-refractivity contribution in [2.24, 2.45) is 0 Å². The first-order valence-corrected chi connectivity index (χ1v) is 39.8. The van der Waals surface area contributed by atoms with Crippen molar-refractivity contribution >= 4 is 42.7 Å². The van der Waals surface area contributed by atoms with Crippen LogP contribution in [0.3, 0.4) is 0 Å². The first kappa shape index (κ1) is 82.3. The number of unbranched alkanes of at least 4 members (excludes halogenated alkanes) is 21. The van der Waals surface area contributed by atoms with E-state index in [1.54, 1.807) is 0 Å². The third-order valence-electron chi connectivity index (χ3n) is 19.8. The zero-order chi connectivity index (χ0) is 64.3. The van der Waals surface area contributed by atoms with Crippen molar-refractivity contribution in [3.63, 3.8) is 0 Å². The number of rotatable bonds is 36. The maximum Gasteiger partial charge on any atom is 0.460 e. The minimum atomic E-state index is 0.0880. The van der Waals surface area contributed by atoms with Crippen LogP contribution in [0.1, 0.15) is 351 Å². The second-order valence-corrected chi connectivity index (χ2v) is 28.9. The molecule has 0 spiro atoms. The lowest BCUT2D eigenvalue weighted by Crippen LogP contribution is -2.25. The highest BCUT2D eigenvalue weighted by Gasteiger charge is 2.40. The molecule has 6 atom stereocenters. The van der Waals surface area contributed by atoms with Gasteiger partial charge in [-0.2, -0.15) is 0 Å². The minimum absolute atomic E-state index is 0.0880. The summed E-state index contributed by atoms with van der Waals surface area (Å²) in [6.07, 6.45) is 65.8. The fraction of sp³-hybridized carbons (Fsp3) is 1.00. The zero-order valence-corrected chi connectivity index (χ0v) is 60.7. The van der Waals surface area contributed by atoms with E-state index >= 15 is 0 Å². The van der Waals surface area contributed by atoms with Gasteiger partial charge >= 0.3 is 42.7 Å². The predicted molar refractivity (Wildman–Crippen MR) is 384 cm³/mol. The van der Waals surface area contributed by atoms with E-state index in [9.17, 15) is 0 Å². The van der Waals surface area contributed by atoms with Crippen LogP contribution in [0.2, 0.25) is 36.4 Å². The van der Waals surface area contributed by atoms with Gasteiger partial charge in [-0.1, -0.05) is 311 Å². The molecule has 0 amide bonds. The molecule has 6 unspecified atom stereocenters. The molecule has 9 fully saturated rings. The van der Waals surface area contributed by atoms with E-state index in [4.69, 9.17) is 55.9 Å². The lowest BCUT2D eigenvalue weighted by atomic mass is 9.65. The topological polar surface area (TPSA) is 111 Å². The highest BCUT2D eigenvalue weighted by molar-refractivity contribution is 6.48. The van der Waals surface area contributed by atoms with Crippen LogP contribution in [0.5, 0.6) is 0 Å². The smallest absolute Gasteiger partial charge is 0.408 e. The van der Waals surface area contributed by atoms with Gasteiger partial charge in [-0.05, 0) is 76.4 Å². The van der Waals surface area contributed by atoms with E-state index in [-0.39, 0.29) is 42.7 Å². The molecule has 0 aromatic heterocycles. The first-order valence-electron chi connectivity index (χ1n) is 39.8. The second-order valence-electron chi connectivity index (χ2n) is 28.9. The molecule has 6 heterocycles. The Balaban J connectivity index is 0.000000235. The molecule has 0 radical (unpaired) electrons. The van der Waals surface area contributed by atoms with Crippen LogP contribution in [0.25, 0.3) is 0 Å². The minimum Gasteiger partial charge on any atom is -0.408 e. The van der Waals surface area contributed by atoms with E-state index in [1.165, 1.54) is 270 Å². The van der Waals surface area contributed by atoms with Crippen molar-refractivity contribution in [1.82, 2.24) is 0 Å². The fourth-order valence-corrected chi connectivity index (χ4v) is 14.2. The molecule has 0 aromatic rings. The SMILES string of the molecule is CC1COB(C2CCCCC2)O1.CC1COB(C2CCCCC2)O1.CCCB1OCC(C)O1.CCCCCCCCCCC1COB(C2CCCCC2)O1.CCCCCCCCCCC1COB(CCC)O1.CCCCCCCCCCC1COB(CCC)O1. The molecule has 3 saturated carbocycles. The summed E-state index contributed by atoms with van der Waals surface area (Å²) in [5.74, 6) is 2.05. The highest BCUT2D eigenvalue weighted by atomic mass is 16.7. The van der Waals surface area contributed by atoms with Gasteiger partial charge in [0.1, 0.15) is 0 Å². The van der Waals surface area contributed by atoms with Gasteiger partial charge in [0.25, 0.3) is 0 Å². The van der Waals surface area contributed by atoms with Crippen LogP contribution in [-0.4, -0.2) is 119 Å². The lowest BCUT2D eigenvalue weighted by molar-refractivity contribution is 0.213. The Morgan fingerprint density at radius 3 is 0.800 bits per heavy atom. The van der Waals surface area contributed by atoms with Crippen molar-refractivity contribution in [2.75, 3.05) is 39.6 Å². The van der Waals surface area contributed by atoms with Crippen LogP contribution in [0.15, 0.2) is 0 Å². The number of hydrogen-bond donors (Lipinski definition) is 0. The largest absolute Gasteiger partial charge is 0.460 e. The van der Waals surface area contributed by atoms with Crippen molar-refractivity contribution in [3.8, 4) is 0 Å². The van der Waals surface area contributed by atoms with Crippen molar-refractivity contribution in [1.29, 1.82) is 0 Å². The maximum atomic E-state index is 6.14. The van der Waals surface area contributed by atoms with Crippen LogP contribution >= 0.6 is 0 Å². The highest BCUT2D eigenvalue weighted by Crippen LogP contribution is 2.37. The molecule has 522 valence electrons. The van der Waals surface area contributed by atoms with Gasteiger partial charge in [0.05, 0.1) is 76.3 Å². The molecule has 12 nitrogen and oxygen atoms in total. The van der Waals surface area contributed by atoms with Crippen molar-refractivity contribution in [2.45, 2.75) is 424 Å². The van der Waals surface area contributed by atoms with E-state index < -0.39 is 0 Å². The van der Waals surface area contributed by atoms with E-state index in [1.807, 2.05) is 6.92 Å². The summed E-state index contributed by atoms with van der Waals surface area (Å²) in [4.78, 5) is 0. The van der Waals surface area contributed by atoms with Crippen molar-refractivity contribution in [3.05, 3.63) is 0 Å². The quantitative estimate of drug-likeness (QED) is 0.0440. The molecule has 9 rings (SSSR count). The molecule has 9 aliphatic rings. The Kier molecular flexibility index (Phi) is 51.1. The van der Waals surface area contributed by atoms with Gasteiger partial charge in [-0.25, -0.2) is 0 Å². The van der Waals surface area contributed by atoms with E-state index in [0.717, 1.165) is 77.9 Å². The monoisotopic (exact) mass is 1270 g/mol. The standard InChI is InChI=1S/C18H35BO2.2C15H31BO2.2C9H17BO2.C6H13BO2/c1-2-3-4-5-6-7-8-12-15-18-16-20-19(21-18)17-13-10-9-11-14-17;2*1-3-5-6-7-8-9-10-11-12-15-14-17-16(18-15)13-4-2;2*1-8-7-11-10(12-8)9-5-3-2-4-6-9;1-3-4-7-8-5-6(2)9-7/h17-18H,2-16H2,1H3;2*15H,3-14H2,1-2H3;2*8-9H,2-7H2,1H3;6H,3-5H2,1-2H3. The maximum absolute atomic E-state index is 6.14. The summed E-state index contributed by atoms with van der Waals surface area (Å²) in [6, 6.07) is 0. The van der Waals surface area contributed by atoms with Gasteiger partial charge in [0, 0.05) is 0 Å². The average molecular weight is 1270 g/mol. The normalized spacial score (nSPS) is 24.9. The lowest BCUT2D eigenvalue weighted by Gasteiger charge is -2.22. The average Bonchev–Trinajstić information content (AvgIpc) is 3.88. The van der Waals surface area contributed by atoms with Gasteiger partial charge in [-0.3, -0.25) is 0 Å². The Bertz CT molecular complexity index is 1490. The molecular formula is C72H144B6O12. The molecule has 0 bridgehead atoms. The Morgan fingerprint density at radius 2 is 0.500 bits per heavy atom. The van der Waals surface area contributed by atoms with Gasteiger partial charge in [0.2, 0.25) is 0 Å².